The van der Waals surface area contributed by atoms with Gasteiger partial charge >= 0.3 is 0 Å². The van der Waals surface area contributed by atoms with Crippen LogP contribution in [0.5, 0.6) is 11.5 Å². The second-order valence-corrected chi connectivity index (χ2v) is 6.71. The van der Waals surface area contributed by atoms with Gasteiger partial charge in [-0.25, -0.2) is 13.8 Å². The van der Waals surface area contributed by atoms with Crippen molar-refractivity contribution in [3.05, 3.63) is 48.2 Å². The summed E-state index contributed by atoms with van der Waals surface area (Å²) in [5.41, 5.74) is 0. The fourth-order valence-corrected chi connectivity index (χ4v) is 3.12. The Morgan fingerprint density at radius 3 is 2.45 bits per heavy atom. The van der Waals surface area contributed by atoms with Crippen LogP contribution in [0.25, 0.3) is 0 Å². The lowest BCUT2D eigenvalue weighted by Crippen LogP contribution is -2.30. The number of ketones is 1. The topological polar surface area (TPSA) is 68.3 Å². The number of pyridine rings is 1. The molecule has 0 spiro atoms. The van der Waals surface area contributed by atoms with Crippen LogP contribution in [-0.2, 0) is 9.59 Å². The van der Waals surface area contributed by atoms with Gasteiger partial charge in [0.25, 0.3) is 0 Å². The van der Waals surface area contributed by atoms with E-state index in [-0.39, 0.29) is 35.0 Å². The van der Waals surface area contributed by atoms with E-state index in [1.54, 1.807) is 6.07 Å². The molecule has 1 aliphatic carbocycles. The molecule has 1 N–H and O–H groups in total. The van der Waals surface area contributed by atoms with Crippen molar-refractivity contribution in [2.45, 2.75) is 46.5 Å². The minimum Gasteiger partial charge on any atom is -0.453 e. The highest BCUT2D eigenvalue weighted by Gasteiger charge is 2.28. The number of aromatic nitrogens is 1. The molecule has 3 rings (SSSR count). The van der Waals surface area contributed by atoms with E-state index in [0.29, 0.717) is 18.7 Å². The summed E-state index contributed by atoms with van der Waals surface area (Å²) in [7, 11) is 0. The monoisotopic (exact) mass is 404 g/mol. The van der Waals surface area contributed by atoms with Crippen LogP contribution in [0.2, 0.25) is 0 Å². The summed E-state index contributed by atoms with van der Waals surface area (Å²) in [6, 6.07) is 6.11. The predicted molar refractivity (Wildman–Crippen MR) is 107 cm³/mol. The molecule has 7 heteroatoms. The smallest absolute Gasteiger partial charge is 0.228 e. The number of hydrogen-bond donors (Lipinski definition) is 1. The van der Waals surface area contributed by atoms with E-state index in [0.717, 1.165) is 25.0 Å². The number of amides is 1. The minimum absolute atomic E-state index is 0.115. The van der Waals surface area contributed by atoms with Gasteiger partial charge in [-0.05, 0) is 43.0 Å². The first kappa shape index (κ1) is 22.5. The van der Waals surface area contributed by atoms with Gasteiger partial charge in [-0.15, -0.1) is 0 Å². The lowest BCUT2D eigenvalue weighted by atomic mass is 9.80. The van der Waals surface area contributed by atoms with Crippen LogP contribution in [0.15, 0.2) is 36.5 Å². The fourth-order valence-electron chi connectivity index (χ4n) is 3.12. The first-order valence-electron chi connectivity index (χ1n) is 9.84. The Balaban J connectivity index is 0.00000145. The van der Waals surface area contributed by atoms with E-state index in [1.807, 2.05) is 20.8 Å². The number of anilines is 1. The quantitative estimate of drug-likeness (QED) is 0.713. The lowest BCUT2D eigenvalue weighted by Gasteiger charge is -2.26. The molecule has 1 aliphatic rings. The van der Waals surface area contributed by atoms with Crippen molar-refractivity contribution in [2.24, 2.45) is 11.8 Å². The molecule has 1 aromatic heterocycles. The molecule has 156 valence electrons. The van der Waals surface area contributed by atoms with Crippen LogP contribution >= 0.6 is 0 Å². The van der Waals surface area contributed by atoms with Gasteiger partial charge in [-0.1, -0.05) is 20.8 Å². The summed E-state index contributed by atoms with van der Waals surface area (Å²) in [6.07, 6.45) is 3.88. The molecule has 5 nitrogen and oxygen atoms in total. The molecule has 0 aliphatic heterocycles. The largest absolute Gasteiger partial charge is 0.453 e. The molecular formula is C22H26F2N2O3. The van der Waals surface area contributed by atoms with Crippen molar-refractivity contribution in [1.82, 2.24) is 4.98 Å². The number of halogens is 2. The highest BCUT2D eigenvalue weighted by atomic mass is 19.1. The van der Waals surface area contributed by atoms with Crippen LogP contribution in [0.3, 0.4) is 0 Å². The van der Waals surface area contributed by atoms with Crippen molar-refractivity contribution in [1.29, 1.82) is 0 Å². The van der Waals surface area contributed by atoms with E-state index >= 15 is 0 Å². The summed E-state index contributed by atoms with van der Waals surface area (Å²) < 4.78 is 31.9. The Kier molecular flexibility index (Phi) is 8.24. The van der Waals surface area contributed by atoms with E-state index in [1.165, 1.54) is 18.3 Å². The zero-order valence-electron chi connectivity index (χ0n) is 16.9. The number of nitrogens with zero attached hydrogens (tertiary/aromatic N) is 1. The summed E-state index contributed by atoms with van der Waals surface area (Å²) in [6.45, 7) is 5.85. The van der Waals surface area contributed by atoms with Gasteiger partial charge in [-0.2, -0.15) is 0 Å². The van der Waals surface area contributed by atoms with Gasteiger partial charge in [0.1, 0.15) is 23.2 Å². The maximum absolute atomic E-state index is 13.6. The minimum atomic E-state index is -0.813. The van der Waals surface area contributed by atoms with Crippen molar-refractivity contribution in [3.63, 3.8) is 0 Å². The average molecular weight is 404 g/mol. The van der Waals surface area contributed by atoms with Crippen LogP contribution in [-0.4, -0.2) is 16.7 Å². The maximum atomic E-state index is 13.6. The molecule has 1 aromatic carbocycles. The van der Waals surface area contributed by atoms with E-state index in [9.17, 15) is 18.4 Å². The number of carbonyl (C=O) groups excluding carboxylic acids is 2. The van der Waals surface area contributed by atoms with Gasteiger partial charge in [0.2, 0.25) is 5.91 Å². The van der Waals surface area contributed by atoms with Crippen LogP contribution in [0, 0.1) is 23.5 Å². The van der Waals surface area contributed by atoms with Crippen LogP contribution in [0.4, 0.5) is 14.6 Å². The van der Waals surface area contributed by atoms with Gasteiger partial charge < -0.3 is 10.1 Å². The number of benzene rings is 1. The molecule has 29 heavy (non-hydrogen) atoms. The van der Waals surface area contributed by atoms with Crippen LogP contribution < -0.4 is 10.1 Å². The number of carbonyl (C=O) groups is 2. The highest BCUT2D eigenvalue weighted by Crippen LogP contribution is 2.29. The number of hydrogen-bond acceptors (Lipinski definition) is 4. The summed E-state index contributed by atoms with van der Waals surface area (Å²) in [5.74, 6) is -0.928. The molecule has 1 atom stereocenters. The molecule has 2 aromatic rings. The van der Waals surface area contributed by atoms with Gasteiger partial charge in [0.15, 0.2) is 11.6 Å². The maximum Gasteiger partial charge on any atom is 0.228 e. The van der Waals surface area contributed by atoms with Crippen molar-refractivity contribution < 1.29 is 23.1 Å². The predicted octanol–water partition coefficient (Wildman–Crippen LogP) is 5.51. The first-order chi connectivity index (χ1) is 13.9. The standard InChI is InChI=1S/C20H20F2N2O3.C2H6/c1-12(13-2-5-15(25)6-3-13)20(26)24-19-9-7-16(11-23-19)27-18-8-4-14(21)10-17(18)22;1-2/h4,7-13H,2-3,5-6H2,1H3,(H,23,24,26);1-2H3. The van der Waals surface area contributed by atoms with E-state index in [4.69, 9.17) is 4.74 Å². The van der Waals surface area contributed by atoms with Gasteiger partial charge in [0, 0.05) is 24.8 Å². The van der Waals surface area contributed by atoms with Gasteiger partial charge in [-0.3, -0.25) is 9.59 Å². The average Bonchev–Trinajstić information content (AvgIpc) is 2.73. The van der Waals surface area contributed by atoms with E-state index < -0.39 is 11.6 Å². The molecular weight excluding hydrogens is 378 g/mol. The van der Waals surface area contributed by atoms with Crippen molar-refractivity contribution >= 4 is 17.5 Å². The second-order valence-electron chi connectivity index (χ2n) is 6.71. The lowest BCUT2D eigenvalue weighted by molar-refractivity contribution is -0.125. The molecule has 1 heterocycles. The van der Waals surface area contributed by atoms with Crippen molar-refractivity contribution in [2.75, 3.05) is 5.32 Å². The zero-order valence-corrected chi connectivity index (χ0v) is 16.9. The molecule has 1 fully saturated rings. The second kappa shape index (κ2) is 10.6. The Hall–Kier alpha value is -2.83. The first-order valence-corrected chi connectivity index (χ1v) is 9.84. The number of ether oxygens (including phenoxy) is 1. The number of rotatable bonds is 5. The number of Topliss-reactive ketones (excluding diaryl/α,β-unsaturated/α-hetero) is 1. The molecule has 0 radical (unpaired) electrons. The summed E-state index contributed by atoms with van der Waals surface area (Å²) in [5, 5.41) is 2.75. The molecule has 1 amide bonds. The van der Waals surface area contributed by atoms with Crippen LogP contribution in [0.1, 0.15) is 46.5 Å². The third-order valence-corrected chi connectivity index (χ3v) is 4.82. The Morgan fingerprint density at radius 1 is 1.17 bits per heavy atom. The third kappa shape index (κ3) is 6.34. The molecule has 1 unspecified atom stereocenters. The van der Waals surface area contributed by atoms with Gasteiger partial charge in [0.05, 0.1) is 6.20 Å². The Labute approximate surface area is 169 Å². The zero-order chi connectivity index (χ0) is 21.4. The highest BCUT2D eigenvalue weighted by molar-refractivity contribution is 5.91. The fraction of sp³-hybridized carbons (Fsp3) is 0.409. The molecule has 1 saturated carbocycles. The molecule has 0 saturated heterocycles. The third-order valence-electron chi connectivity index (χ3n) is 4.82. The van der Waals surface area contributed by atoms with E-state index in [2.05, 4.69) is 10.3 Å². The number of nitrogens with one attached hydrogen (secondary N) is 1. The Morgan fingerprint density at radius 2 is 1.86 bits per heavy atom. The normalized spacial score (nSPS) is 15.1. The summed E-state index contributed by atoms with van der Waals surface area (Å²) in [4.78, 5) is 27.8. The van der Waals surface area contributed by atoms with Crippen molar-refractivity contribution in [3.8, 4) is 11.5 Å². The Bertz CT molecular complexity index is 830. The molecule has 0 bridgehead atoms. The summed E-state index contributed by atoms with van der Waals surface area (Å²) >= 11 is 0. The SMILES string of the molecule is CC.CC(C(=O)Nc1ccc(Oc2ccc(F)cc2F)cn1)C1CCC(=O)CC1.